The molecule has 1 atom stereocenters. The molecule has 1 unspecified atom stereocenters. The summed E-state index contributed by atoms with van der Waals surface area (Å²) in [6.45, 7) is 0. The van der Waals surface area contributed by atoms with Gasteiger partial charge in [-0.15, -0.1) is 0 Å². The Balaban J connectivity index is 1.88. The van der Waals surface area contributed by atoms with E-state index in [0.717, 1.165) is 12.0 Å². The number of benzene rings is 2. The van der Waals surface area contributed by atoms with E-state index in [0.29, 0.717) is 5.56 Å². The van der Waals surface area contributed by atoms with Crippen LogP contribution in [0.3, 0.4) is 0 Å². The number of rotatable bonds is 2. The molecule has 0 radical (unpaired) electrons. The van der Waals surface area contributed by atoms with Gasteiger partial charge >= 0.3 is 0 Å². The summed E-state index contributed by atoms with van der Waals surface area (Å²) in [7, 11) is 0. The van der Waals surface area contributed by atoms with Gasteiger partial charge in [-0.25, -0.2) is 4.39 Å². The summed E-state index contributed by atoms with van der Waals surface area (Å²) in [4.78, 5) is 12.2. The third-order valence-corrected chi connectivity index (χ3v) is 3.30. The Labute approximate surface area is 98.9 Å². The summed E-state index contributed by atoms with van der Waals surface area (Å²) in [5.41, 5.74) is 2.95. The van der Waals surface area contributed by atoms with Gasteiger partial charge in [-0.3, -0.25) is 4.79 Å². The van der Waals surface area contributed by atoms with Gasteiger partial charge in [0.2, 0.25) is 0 Å². The van der Waals surface area contributed by atoms with Gasteiger partial charge in [-0.05, 0) is 41.8 Å². The average Bonchev–Trinajstić information content (AvgIpc) is 2.31. The maximum absolute atomic E-state index is 12.8. The molecule has 1 aliphatic carbocycles. The molecule has 0 aliphatic heterocycles. The first-order chi connectivity index (χ1) is 8.25. The number of hydrogen-bond acceptors (Lipinski definition) is 1. The van der Waals surface area contributed by atoms with Crippen molar-refractivity contribution < 1.29 is 9.18 Å². The second kappa shape index (κ2) is 3.81. The summed E-state index contributed by atoms with van der Waals surface area (Å²) in [6, 6.07) is 13.7. The summed E-state index contributed by atoms with van der Waals surface area (Å²) >= 11 is 0. The molecule has 0 bridgehead atoms. The molecular weight excluding hydrogens is 215 g/mol. The first-order valence-corrected chi connectivity index (χ1v) is 5.63. The van der Waals surface area contributed by atoms with Crippen LogP contribution in [-0.2, 0) is 6.42 Å². The number of Topliss-reactive ketones (excluding diaryl/α,β-unsaturated/α-hetero) is 1. The summed E-state index contributed by atoms with van der Waals surface area (Å²) < 4.78 is 12.8. The maximum atomic E-state index is 12.8. The first-order valence-electron chi connectivity index (χ1n) is 5.63. The molecule has 1 aliphatic rings. The molecule has 0 spiro atoms. The van der Waals surface area contributed by atoms with Crippen molar-refractivity contribution in [2.75, 3.05) is 0 Å². The fourth-order valence-electron chi connectivity index (χ4n) is 2.31. The second-order valence-corrected chi connectivity index (χ2v) is 4.33. The minimum Gasteiger partial charge on any atom is -0.293 e. The Morgan fingerprint density at radius 1 is 1.06 bits per heavy atom. The lowest BCUT2D eigenvalue weighted by atomic mass is 9.74. The van der Waals surface area contributed by atoms with Gasteiger partial charge < -0.3 is 0 Å². The molecule has 0 saturated carbocycles. The minimum absolute atomic E-state index is 0.0448. The van der Waals surface area contributed by atoms with E-state index in [1.54, 1.807) is 12.1 Å². The third-order valence-electron chi connectivity index (χ3n) is 3.30. The zero-order chi connectivity index (χ0) is 11.8. The normalized spacial score (nSPS) is 17.1. The molecular formula is C15H11FO. The Morgan fingerprint density at radius 2 is 1.76 bits per heavy atom. The van der Waals surface area contributed by atoms with Crippen molar-refractivity contribution in [2.45, 2.75) is 12.3 Å². The Bertz CT molecular complexity index is 572. The highest BCUT2D eigenvalue weighted by atomic mass is 19.1. The zero-order valence-electron chi connectivity index (χ0n) is 9.19. The lowest BCUT2D eigenvalue weighted by Gasteiger charge is -2.28. The predicted octanol–water partition coefficient (Wildman–Crippen LogP) is 3.35. The molecule has 17 heavy (non-hydrogen) atoms. The molecule has 0 N–H and O–H groups in total. The van der Waals surface area contributed by atoms with Crippen LogP contribution in [0.2, 0.25) is 0 Å². The maximum Gasteiger partial charge on any atom is 0.170 e. The molecule has 3 rings (SSSR count). The smallest absolute Gasteiger partial charge is 0.170 e. The highest BCUT2D eigenvalue weighted by Crippen LogP contribution is 2.37. The van der Waals surface area contributed by atoms with Crippen molar-refractivity contribution in [3.8, 4) is 0 Å². The second-order valence-electron chi connectivity index (χ2n) is 4.33. The van der Waals surface area contributed by atoms with Crippen LogP contribution in [0.15, 0.2) is 48.5 Å². The van der Waals surface area contributed by atoms with E-state index < -0.39 is 0 Å². The van der Waals surface area contributed by atoms with Crippen LogP contribution in [0.1, 0.15) is 27.4 Å². The van der Waals surface area contributed by atoms with Gasteiger partial charge in [0, 0.05) is 5.56 Å². The van der Waals surface area contributed by atoms with Crippen molar-refractivity contribution in [1.82, 2.24) is 0 Å². The largest absolute Gasteiger partial charge is 0.293 e. The topological polar surface area (TPSA) is 17.1 Å². The van der Waals surface area contributed by atoms with Crippen LogP contribution in [0.25, 0.3) is 0 Å². The van der Waals surface area contributed by atoms with E-state index in [9.17, 15) is 9.18 Å². The van der Waals surface area contributed by atoms with Crippen LogP contribution in [0.4, 0.5) is 4.39 Å². The highest BCUT2D eigenvalue weighted by Gasteiger charge is 2.31. The lowest BCUT2D eigenvalue weighted by Crippen LogP contribution is -2.25. The SMILES string of the molecule is O=C(c1ccc(F)cc1)C1Cc2ccccc21. The number of fused-ring (bicyclic) bond motifs is 1. The van der Waals surface area contributed by atoms with Crippen molar-refractivity contribution in [1.29, 1.82) is 0 Å². The van der Waals surface area contributed by atoms with Crippen LogP contribution >= 0.6 is 0 Å². The molecule has 0 fully saturated rings. The third kappa shape index (κ3) is 1.66. The molecule has 2 aromatic rings. The predicted molar refractivity (Wildman–Crippen MR) is 63.6 cm³/mol. The quantitative estimate of drug-likeness (QED) is 0.718. The van der Waals surface area contributed by atoms with Gasteiger partial charge in [0.15, 0.2) is 5.78 Å². The van der Waals surface area contributed by atoms with Gasteiger partial charge in [-0.1, -0.05) is 24.3 Å². The van der Waals surface area contributed by atoms with E-state index in [-0.39, 0.29) is 17.5 Å². The van der Waals surface area contributed by atoms with Crippen molar-refractivity contribution >= 4 is 5.78 Å². The van der Waals surface area contributed by atoms with E-state index in [4.69, 9.17) is 0 Å². The van der Waals surface area contributed by atoms with Gasteiger partial charge in [0.05, 0.1) is 5.92 Å². The van der Waals surface area contributed by atoms with Crippen molar-refractivity contribution in [2.24, 2.45) is 0 Å². The molecule has 2 aromatic carbocycles. The Morgan fingerprint density at radius 3 is 2.47 bits per heavy atom. The van der Waals surface area contributed by atoms with Crippen LogP contribution in [0.5, 0.6) is 0 Å². The monoisotopic (exact) mass is 226 g/mol. The average molecular weight is 226 g/mol. The zero-order valence-corrected chi connectivity index (χ0v) is 9.19. The number of carbonyl (C=O) groups is 1. The molecule has 0 amide bonds. The fourth-order valence-corrected chi connectivity index (χ4v) is 2.31. The molecule has 2 heteroatoms. The number of halogens is 1. The molecule has 0 saturated heterocycles. The Kier molecular flexibility index (Phi) is 2.29. The number of ketones is 1. The lowest BCUT2D eigenvalue weighted by molar-refractivity contribution is 0.0949. The van der Waals surface area contributed by atoms with Crippen LogP contribution in [-0.4, -0.2) is 5.78 Å². The number of carbonyl (C=O) groups excluding carboxylic acids is 1. The van der Waals surface area contributed by atoms with E-state index >= 15 is 0 Å². The fraction of sp³-hybridized carbons (Fsp3) is 0.133. The van der Waals surface area contributed by atoms with Gasteiger partial charge in [0.25, 0.3) is 0 Å². The molecule has 0 heterocycles. The van der Waals surface area contributed by atoms with Gasteiger partial charge in [-0.2, -0.15) is 0 Å². The minimum atomic E-state index is -0.310. The summed E-state index contributed by atoms with van der Waals surface area (Å²) in [5, 5.41) is 0. The first kappa shape index (κ1) is 10.2. The highest BCUT2D eigenvalue weighted by molar-refractivity contribution is 6.02. The number of hydrogen-bond donors (Lipinski definition) is 0. The van der Waals surface area contributed by atoms with E-state index in [1.807, 2.05) is 24.3 Å². The molecule has 0 aromatic heterocycles. The summed E-state index contributed by atoms with van der Waals surface area (Å²) in [5.74, 6) is -0.268. The Hall–Kier alpha value is -1.96. The standard InChI is InChI=1S/C15H11FO/c16-12-7-5-10(6-8-12)15(17)14-9-11-3-1-2-4-13(11)14/h1-8,14H,9H2. The van der Waals surface area contributed by atoms with Crippen molar-refractivity contribution in [3.05, 3.63) is 71.0 Å². The van der Waals surface area contributed by atoms with Crippen LogP contribution < -0.4 is 0 Å². The van der Waals surface area contributed by atoms with E-state index in [2.05, 4.69) is 0 Å². The molecule has 1 nitrogen and oxygen atoms in total. The van der Waals surface area contributed by atoms with Crippen molar-refractivity contribution in [3.63, 3.8) is 0 Å². The summed E-state index contributed by atoms with van der Waals surface area (Å²) in [6.07, 6.45) is 0.798. The van der Waals surface area contributed by atoms with E-state index in [1.165, 1.54) is 17.7 Å². The van der Waals surface area contributed by atoms with Gasteiger partial charge in [0.1, 0.15) is 5.82 Å². The molecule has 84 valence electrons. The van der Waals surface area contributed by atoms with Crippen LogP contribution in [0, 0.1) is 5.82 Å².